The number of benzene rings is 2. The van der Waals surface area contributed by atoms with Gasteiger partial charge in [0.05, 0.1) is 4.90 Å². The minimum Gasteiger partial charge on any atom is -0.480 e. The summed E-state index contributed by atoms with van der Waals surface area (Å²) in [6.45, 7) is 1.09. The molecule has 2 rings (SSSR count). The molecule has 3 N–H and O–H groups in total. The van der Waals surface area contributed by atoms with Gasteiger partial charge in [-0.3, -0.25) is 9.36 Å². The summed E-state index contributed by atoms with van der Waals surface area (Å²) in [5.74, 6) is -1.41. The molecule has 0 radical (unpaired) electrons. The zero-order valence-electron chi connectivity index (χ0n) is 14.4. The van der Waals surface area contributed by atoms with Crippen molar-refractivity contribution in [3.8, 4) is 11.1 Å². The molecule has 2 aromatic rings. The number of nitrogens with one attached hydrogen (secondary N) is 1. The van der Waals surface area contributed by atoms with Gasteiger partial charge in [0.15, 0.2) is 7.37 Å². The van der Waals surface area contributed by atoms with Gasteiger partial charge in [-0.15, -0.1) is 0 Å². The smallest absolute Gasteiger partial charge is 0.321 e. The molecule has 0 aliphatic heterocycles. The fourth-order valence-corrected chi connectivity index (χ4v) is 4.41. The fraction of sp³-hybridized carbons (Fsp3) is 0.235. The molecule has 0 aliphatic rings. The van der Waals surface area contributed by atoms with Crippen molar-refractivity contribution in [2.75, 3.05) is 12.8 Å². The lowest BCUT2D eigenvalue weighted by Gasteiger charge is -2.16. The zero-order chi connectivity index (χ0) is 20.2. The Kier molecular flexibility index (Phi) is 6.83. The standard InChI is InChI=1S/C17H19ClNO6PS/c1-26(22,23)11-10-16(17(20)21)19-27(24,25)15-8-4-13(5-9-15)12-2-6-14(18)7-3-12/h2-9,16,19H,10-11H2,1H3,(H,20,21)(H,22,23)/t16-/m0/s1. The second kappa shape index (κ2) is 8.54. The number of rotatable bonds is 8. The molecule has 0 aromatic heterocycles. The molecule has 146 valence electrons. The second-order valence-corrected chi connectivity index (χ2v) is 10.8. The highest BCUT2D eigenvalue weighted by Crippen LogP contribution is 2.36. The number of carbonyl (C=O) groups is 1. The third-order valence-corrected chi connectivity index (χ3v) is 6.60. The first-order valence-electron chi connectivity index (χ1n) is 7.88. The van der Waals surface area contributed by atoms with Crippen LogP contribution in [0.1, 0.15) is 6.42 Å². The van der Waals surface area contributed by atoms with E-state index in [1.165, 1.54) is 12.1 Å². The van der Waals surface area contributed by atoms with Crippen molar-refractivity contribution in [2.45, 2.75) is 17.4 Å². The van der Waals surface area contributed by atoms with Gasteiger partial charge in [-0.2, -0.15) is 4.72 Å². The maximum absolute atomic E-state index is 12.4. The fourth-order valence-electron chi connectivity index (χ4n) is 2.33. The van der Waals surface area contributed by atoms with Gasteiger partial charge in [-0.05, 0) is 41.8 Å². The lowest BCUT2D eigenvalue weighted by atomic mass is 10.1. The molecule has 0 amide bonds. The average molecular weight is 432 g/mol. The Bertz CT molecular complexity index is 954. The minimum absolute atomic E-state index is 0.102. The van der Waals surface area contributed by atoms with E-state index in [9.17, 15) is 27.8 Å². The molecule has 0 fully saturated rings. The summed E-state index contributed by atoms with van der Waals surface area (Å²) in [4.78, 5) is 20.5. The predicted octanol–water partition coefficient (Wildman–Crippen LogP) is 3.03. The Balaban J connectivity index is 2.18. The molecular weight excluding hydrogens is 413 g/mol. The number of hydrogen-bond acceptors (Lipinski definition) is 4. The van der Waals surface area contributed by atoms with Gasteiger partial charge in [0, 0.05) is 17.8 Å². The number of carboxylic acids is 1. The summed E-state index contributed by atoms with van der Waals surface area (Å²) in [6, 6.07) is 11.5. The third-order valence-electron chi connectivity index (χ3n) is 3.77. The summed E-state index contributed by atoms with van der Waals surface area (Å²) in [7, 11) is -7.55. The van der Waals surface area contributed by atoms with E-state index in [2.05, 4.69) is 4.72 Å². The van der Waals surface area contributed by atoms with Crippen LogP contribution in [0.3, 0.4) is 0 Å². The van der Waals surface area contributed by atoms with Gasteiger partial charge in [0.25, 0.3) is 0 Å². The monoisotopic (exact) mass is 431 g/mol. The van der Waals surface area contributed by atoms with Crippen LogP contribution in [0.25, 0.3) is 11.1 Å². The lowest BCUT2D eigenvalue weighted by molar-refractivity contribution is -0.139. The van der Waals surface area contributed by atoms with Crippen LogP contribution < -0.4 is 4.72 Å². The van der Waals surface area contributed by atoms with Crippen molar-refractivity contribution in [3.63, 3.8) is 0 Å². The van der Waals surface area contributed by atoms with Crippen LogP contribution in [-0.2, 0) is 19.4 Å². The number of sulfonamides is 1. The molecule has 7 nitrogen and oxygen atoms in total. The highest BCUT2D eigenvalue weighted by atomic mass is 35.5. The van der Waals surface area contributed by atoms with Gasteiger partial charge in [-0.1, -0.05) is 35.9 Å². The largest absolute Gasteiger partial charge is 0.480 e. The Morgan fingerprint density at radius 2 is 1.59 bits per heavy atom. The molecule has 0 spiro atoms. The Labute approximate surface area is 162 Å². The van der Waals surface area contributed by atoms with Crippen molar-refractivity contribution >= 4 is 35.0 Å². The number of aliphatic carboxylic acids is 1. The van der Waals surface area contributed by atoms with Gasteiger partial charge in [0.2, 0.25) is 10.0 Å². The van der Waals surface area contributed by atoms with Crippen molar-refractivity contribution < 1.29 is 27.8 Å². The SMILES string of the molecule is CP(=O)(O)CC[C@H](NS(=O)(=O)c1ccc(-c2ccc(Cl)cc2)cc1)C(=O)O. The van der Waals surface area contributed by atoms with E-state index in [1.54, 1.807) is 36.4 Å². The number of carboxylic acid groups (broad SMARTS) is 1. The van der Waals surface area contributed by atoms with E-state index >= 15 is 0 Å². The lowest BCUT2D eigenvalue weighted by Crippen LogP contribution is -2.41. The van der Waals surface area contributed by atoms with Gasteiger partial charge < -0.3 is 10.00 Å². The summed E-state index contributed by atoms with van der Waals surface area (Å²) in [6.07, 6.45) is -0.594. The van der Waals surface area contributed by atoms with E-state index in [1.807, 2.05) is 0 Å². The first kappa shape index (κ1) is 21.6. The molecule has 0 heterocycles. The third kappa shape index (κ3) is 6.45. The van der Waals surface area contributed by atoms with Crippen LogP contribution in [0.15, 0.2) is 53.4 Å². The molecule has 0 saturated heterocycles. The molecule has 0 aliphatic carbocycles. The Hall–Kier alpha value is -1.70. The van der Waals surface area contributed by atoms with Crippen LogP contribution in [0, 0.1) is 0 Å². The van der Waals surface area contributed by atoms with E-state index in [0.29, 0.717) is 5.02 Å². The van der Waals surface area contributed by atoms with Gasteiger partial charge >= 0.3 is 5.97 Å². The van der Waals surface area contributed by atoms with Crippen molar-refractivity contribution in [1.82, 2.24) is 4.72 Å². The van der Waals surface area contributed by atoms with Crippen LogP contribution >= 0.6 is 19.0 Å². The van der Waals surface area contributed by atoms with E-state index in [-0.39, 0.29) is 17.5 Å². The van der Waals surface area contributed by atoms with Crippen molar-refractivity contribution in [2.24, 2.45) is 0 Å². The Morgan fingerprint density at radius 3 is 2.04 bits per heavy atom. The quantitative estimate of drug-likeness (QED) is 0.552. The summed E-state index contributed by atoms with van der Waals surface area (Å²) in [5.41, 5.74) is 1.62. The number of halogens is 1. The second-order valence-electron chi connectivity index (χ2n) is 6.11. The molecule has 2 atom stereocenters. The highest BCUT2D eigenvalue weighted by molar-refractivity contribution is 7.89. The molecule has 0 bridgehead atoms. The molecule has 10 heteroatoms. The molecule has 1 unspecified atom stereocenters. The summed E-state index contributed by atoms with van der Waals surface area (Å²) in [5, 5.41) is 9.77. The predicted molar refractivity (Wildman–Crippen MR) is 104 cm³/mol. The summed E-state index contributed by atoms with van der Waals surface area (Å²) < 4.78 is 38.3. The zero-order valence-corrected chi connectivity index (χ0v) is 16.8. The molecule has 0 saturated carbocycles. The summed E-state index contributed by atoms with van der Waals surface area (Å²) >= 11 is 5.84. The molecular formula is C17H19ClNO6PS. The normalized spacial score (nSPS) is 15.1. The van der Waals surface area contributed by atoms with Crippen LogP contribution in [0.5, 0.6) is 0 Å². The maximum atomic E-state index is 12.4. The van der Waals surface area contributed by atoms with Crippen molar-refractivity contribution in [3.05, 3.63) is 53.6 Å². The van der Waals surface area contributed by atoms with E-state index in [0.717, 1.165) is 17.8 Å². The maximum Gasteiger partial charge on any atom is 0.321 e. The molecule has 27 heavy (non-hydrogen) atoms. The molecule has 2 aromatic carbocycles. The minimum atomic E-state index is -4.10. The van der Waals surface area contributed by atoms with Crippen LogP contribution in [0.2, 0.25) is 5.02 Å². The first-order valence-corrected chi connectivity index (χ1v) is 12.0. The Morgan fingerprint density at radius 1 is 1.11 bits per heavy atom. The topological polar surface area (TPSA) is 121 Å². The average Bonchev–Trinajstić information content (AvgIpc) is 2.58. The van der Waals surface area contributed by atoms with Gasteiger partial charge in [0.1, 0.15) is 6.04 Å². The van der Waals surface area contributed by atoms with Crippen LogP contribution in [0.4, 0.5) is 0 Å². The van der Waals surface area contributed by atoms with Crippen LogP contribution in [-0.4, -0.2) is 43.3 Å². The van der Waals surface area contributed by atoms with E-state index in [4.69, 9.17) is 11.6 Å². The van der Waals surface area contributed by atoms with Crippen molar-refractivity contribution in [1.29, 1.82) is 0 Å². The first-order chi connectivity index (χ1) is 12.5. The van der Waals surface area contributed by atoms with E-state index < -0.39 is 29.4 Å². The highest BCUT2D eigenvalue weighted by Gasteiger charge is 2.27. The number of hydrogen-bond donors (Lipinski definition) is 3. The van der Waals surface area contributed by atoms with Gasteiger partial charge in [-0.25, -0.2) is 8.42 Å².